The van der Waals surface area contributed by atoms with Crippen molar-refractivity contribution in [1.29, 1.82) is 5.26 Å². The van der Waals surface area contributed by atoms with E-state index in [1.165, 1.54) is 0 Å². The first-order chi connectivity index (χ1) is 11.8. The van der Waals surface area contributed by atoms with E-state index >= 15 is 0 Å². The summed E-state index contributed by atoms with van der Waals surface area (Å²) in [5.74, 6) is 0.811. The Hall–Kier alpha value is -3.31. The third-order valence-electron chi connectivity index (χ3n) is 3.77. The lowest BCUT2D eigenvalue weighted by atomic mass is 9.94. The zero-order chi connectivity index (χ0) is 16.8. The molecule has 0 bridgehead atoms. The highest BCUT2D eigenvalue weighted by Crippen LogP contribution is 2.35. The SMILES string of the molecule is C=CCOc1ccc(-c2ccc(C#N)cc2)c(-c2ccccc2)c1. The van der Waals surface area contributed by atoms with Crippen LogP contribution in [0.25, 0.3) is 22.3 Å². The van der Waals surface area contributed by atoms with Crippen LogP contribution in [0.1, 0.15) is 5.56 Å². The highest BCUT2D eigenvalue weighted by atomic mass is 16.5. The fraction of sp³-hybridized carbons (Fsp3) is 0.0455. The summed E-state index contributed by atoms with van der Waals surface area (Å²) in [6.07, 6.45) is 1.73. The van der Waals surface area contributed by atoms with Gasteiger partial charge >= 0.3 is 0 Å². The summed E-state index contributed by atoms with van der Waals surface area (Å²) < 4.78 is 5.68. The van der Waals surface area contributed by atoms with Crippen molar-refractivity contribution in [2.75, 3.05) is 6.61 Å². The topological polar surface area (TPSA) is 33.0 Å². The monoisotopic (exact) mass is 311 g/mol. The molecule has 116 valence electrons. The lowest BCUT2D eigenvalue weighted by Gasteiger charge is -2.13. The molecule has 0 aliphatic rings. The van der Waals surface area contributed by atoms with Crippen molar-refractivity contribution in [3.8, 4) is 34.1 Å². The third kappa shape index (κ3) is 3.37. The molecular weight excluding hydrogens is 294 g/mol. The van der Waals surface area contributed by atoms with Gasteiger partial charge in [0.05, 0.1) is 11.6 Å². The van der Waals surface area contributed by atoms with Gasteiger partial charge in [0.1, 0.15) is 12.4 Å². The molecule has 2 nitrogen and oxygen atoms in total. The minimum atomic E-state index is 0.477. The maximum absolute atomic E-state index is 8.98. The molecule has 0 saturated heterocycles. The normalized spacial score (nSPS) is 9.96. The van der Waals surface area contributed by atoms with Crippen LogP contribution in [0.15, 0.2) is 85.5 Å². The fourth-order valence-electron chi connectivity index (χ4n) is 2.60. The van der Waals surface area contributed by atoms with E-state index in [1.807, 2.05) is 54.6 Å². The summed E-state index contributed by atoms with van der Waals surface area (Å²) in [7, 11) is 0. The van der Waals surface area contributed by atoms with E-state index < -0.39 is 0 Å². The fourth-order valence-corrected chi connectivity index (χ4v) is 2.60. The molecule has 0 spiro atoms. The van der Waals surface area contributed by atoms with Crippen LogP contribution in [-0.4, -0.2) is 6.61 Å². The summed E-state index contributed by atoms with van der Waals surface area (Å²) in [6, 6.07) is 26.1. The second-order valence-corrected chi connectivity index (χ2v) is 5.36. The van der Waals surface area contributed by atoms with Crippen LogP contribution in [-0.2, 0) is 0 Å². The van der Waals surface area contributed by atoms with E-state index in [4.69, 9.17) is 10.00 Å². The average Bonchev–Trinajstić information content (AvgIpc) is 2.67. The standard InChI is InChI=1S/C22H17NO/c1-2-14-24-20-12-13-21(19-10-8-17(16-23)9-11-19)22(15-20)18-6-4-3-5-7-18/h2-13,15H,1,14H2. The Balaban J connectivity index is 2.10. The van der Waals surface area contributed by atoms with Gasteiger partial charge in [-0.15, -0.1) is 0 Å². The number of hydrogen-bond acceptors (Lipinski definition) is 2. The maximum atomic E-state index is 8.98. The molecule has 3 aromatic carbocycles. The van der Waals surface area contributed by atoms with Gasteiger partial charge in [-0.1, -0.05) is 61.2 Å². The van der Waals surface area contributed by atoms with Crippen LogP contribution in [0.5, 0.6) is 5.75 Å². The maximum Gasteiger partial charge on any atom is 0.120 e. The molecule has 0 aliphatic carbocycles. The van der Waals surface area contributed by atoms with Gasteiger partial charge in [0.15, 0.2) is 0 Å². The molecule has 3 aromatic rings. The number of ether oxygens (including phenoxy) is 1. The predicted octanol–water partition coefficient (Wildman–Crippen LogP) is 5.46. The zero-order valence-corrected chi connectivity index (χ0v) is 13.3. The molecule has 3 rings (SSSR count). The minimum Gasteiger partial charge on any atom is -0.490 e. The van der Waals surface area contributed by atoms with E-state index in [-0.39, 0.29) is 0 Å². The minimum absolute atomic E-state index is 0.477. The van der Waals surface area contributed by atoms with Crippen LogP contribution in [0.3, 0.4) is 0 Å². The first-order valence-corrected chi connectivity index (χ1v) is 7.75. The second-order valence-electron chi connectivity index (χ2n) is 5.36. The predicted molar refractivity (Wildman–Crippen MR) is 97.7 cm³/mol. The summed E-state index contributed by atoms with van der Waals surface area (Å²) >= 11 is 0. The largest absolute Gasteiger partial charge is 0.490 e. The van der Waals surface area contributed by atoms with E-state index in [1.54, 1.807) is 6.08 Å². The quantitative estimate of drug-likeness (QED) is 0.586. The molecule has 0 fully saturated rings. The smallest absolute Gasteiger partial charge is 0.120 e. The molecule has 0 saturated carbocycles. The van der Waals surface area contributed by atoms with Gasteiger partial charge in [-0.3, -0.25) is 0 Å². The average molecular weight is 311 g/mol. The van der Waals surface area contributed by atoms with Gasteiger partial charge in [-0.05, 0) is 46.5 Å². The molecular formula is C22H17NO. The number of nitrogens with zero attached hydrogens (tertiary/aromatic N) is 1. The summed E-state index contributed by atoms with van der Waals surface area (Å²) in [5.41, 5.74) is 5.06. The van der Waals surface area contributed by atoms with Gasteiger partial charge in [-0.25, -0.2) is 0 Å². The van der Waals surface area contributed by atoms with Crippen LogP contribution in [0, 0.1) is 11.3 Å². The van der Waals surface area contributed by atoms with Gasteiger partial charge in [-0.2, -0.15) is 5.26 Å². The Bertz CT molecular complexity index is 874. The third-order valence-corrected chi connectivity index (χ3v) is 3.77. The van der Waals surface area contributed by atoms with Crippen molar-refractivity contribution in [3.63, 3.8) is 0 Å². The van der Waals surface area contributed by atoms with Crippen molar-refractivity contribution in [1.82, 2.24) is 0 Å². The van der Waals surface area contributed by atoms with E-state index in [2.05, 4.69) is 30.8 Å². The van der Waals surface area contributed by atoms with E-state index in [9.17, 15) is 0 Å². The van der Waals surface area contributed by atoms with Gasteiger partial charge in [0.25, 0.3) is 0 Å². The molecule has 0 unspecified atom stereocenters. The van der Waals surface area contributed by atoms with Crippen molar-refractivity contribution < 1.29 is 4.74 Å². The van der Waals surface area contributed by atoms with Crippen molar-refractivity contribution in [3.05, 3.63) is 91.0 Å². The van der Waals surface area contributed by atoms with Crippen LogP contribution in [0.2, 0.25) is 0 Å². The summed E-state index contributed by atoms with van der Waals surface area (Å²) in [4.78, 5) is 0. The zero-order valence-electron chi connectivity index (χ0n) is 13.3. The summed E-state index contributed by atoms with van der Waals surface area (Å²) in [6.45, 7) is 4.16. The highest BCUT2D eigenvalue weighted by molar-refractivity contribution is 5.84. The Kier molecular flexibility index (Phi) is 4.74. The van der Waals surface area contributed by atoms with Crippen LogP contribution in [0.4, 0.5) is 0 Å². The molecule has 24 heavy (non-hydrogen) atoms. The van der Waals surface area contributed by atoms with E-state index in [0.29, 0.717) is 12.2 Å². The molecule has 0 atom stereocenters. The summed E-state index contributed by atoms with van der Waals surface area (Å²) in [5, 5.41) is 8.98. The van der Waals surface area contributed by atoms with E-state index in [0.717, 1.165) is 28.0 Å². The Morgan fingerprint density at radius 2 is 1.58 bits per heavy atom. The number of benzene rings is 3. The number of rotatable bonds is 5. The van der Waals surface area contributed by atoms with Gasteiger partial charge in [0.2, 0.25) is 0 Å². The lowest BCUT2D eigenvalue weighted by molar-refractivity contribution is 0.363. The van der Waals surface area contributed by atoms with Crippen LogP contribution >= 0.6 is 0 Å². The Labute approximate surface area is 142 Å². The molecule has 0 amide bonds. The Morgan fingerprint density at radius 3 is 2.25 bits per heavy atom. The molecule has 0 heterocycles. The molecule has 0 N–H and O–H groups in total. The van der Waals surface area contributed by atoms with Gasteiger partial charge < -0.3 is 4.74 Å². The molecule has 0 radical (unpaired) electrons. The van der Waals surface area contributed by atoms with Gasteiger partial charge in [0, 0.05) is 0 Å². The number of nitriles is 1. The molecule has 0 aliphatic heterocycles. The molecule has 2 heteroatoms. The lowest BCUT2D eigenvalue weighted by Crippen LogP contribution is -1.94. The van der Waals surface area contributed by atoms with Crippen molar-refractivity contribution in [2.45, 2.75) is 0 Å². The second kappa shape index (κ2) is 7.30. The van der Waals surface area contributed by atoms with Crippen molar-refractivity contribution >= 4 is 0 Å². The first kappa shape index (κ1) is 15.6. The first-order valence-electron chi connectivity index (χ1n) is 7.75. The molecule has 0 aromatic heterocycles. The highest BCUT2D eigenvalue weighted by Gasteiger charge is 2.09. The van der Waals surface area contributed by atoms with Crippen LogP contribution < -0.4 is 4.74 Å². The Morgan fingerprint density at radius 1 is 0.875 bits per heavy atom. The number of hydrogen-bond donors (Lipinski definition) is 0. The van der Waals surface area contributed by atoms with Crippen molar-refractivity contribution in [2.24, 2.45) is 0 Å².